The summed E-state index contributed by atoms with van der Waals surface area (Å²) in [4.78, 5) is 2.82. The summed E-state index contributed by atoms with van der Waals surface area (Å²) < 4.78 is 9.94. The first kappa shape index (κ1) is 18.7. The maximum atomic E-state index is 5.80. The van der Waals surface area contributed by atoms with Crippen LogP contribution in [0.25, 0.3) is 11.5 Å². The van der Waals surface area contributed by atoms with Gasteiger partial charge in [-0.1, -0.05) is 17.2 Å². The van der Waals surface area contributed by atoms with Crippen LogP contribution in [0.4, 0.5) is 0 Å². The Morgan fingerprint density at radius 2 is 1.83 bits per heavy atom. The molecule has 0 amide bonds. The topological polar surface area (TPSA) is 64.9 Å². The van der Waals surface area contributed by atoms with E-state index in [1.54, 1.807) is 4.68 Å². The van der Waals surface area contributed by atoms with Gasteiger partial charge in [0.05, 0.1) is 6.67 Å². The molecule has 0 saturated carbocycles. The lowest BCUT2D eigenvalue weighted by molar-refractivity contribution is 0.156. The number of hydrogen-bond acceptors (Lipinski definition) is 6. The fraction of sp³-hybridized carbons (Fsp3) is 0.524. The van der Waals surface area contributed by atoms with Gasteiger partial charge in [-0.05, 0) is 57.5 Å². The summed E-state index contributed by atoms with van der Waals surface area (Å²) >= 11 is 5.43. The summed E-state index contributed by atoms with van der Waals surface area (Å²) in [5.41, 5.74) is 3.36. The summed E-state index contributed by atoms with van der Waals surface area (Å²) in [6.07, 6.45) is 4.45. The number of benzene rings is 1. The van der Waals surface area contributed by atoms with E-state index in [1.165, 1.54) is 23.4 Å². The second-order valence-electron chi connectivity index (χ2n) is 8.31. The number of likely N-dealkylation sites (tertiary alicyclic amines) is 1. The first-order valence-electron chi connectivity index (χ1n) is 10.4. The van der Waals surface area contributed by atoms with Gasteiger partial charge in [0.15, 0.2) is 0 Å². The number of aryl methyl sites for hydroxylation is 3. The fourth-order valence-corrected chi connectivity index (χ4v) is 4.78. The van der Waals surface area contributed by atoms with Crippen molar-refractivity contribution in [3.63, 3.8) is 0 Å². The van der Waals surface area contributed by atoms with Gasteiger partial charge in [-0.15, -0.1) is 15.3 Å². The van der Waals surface area contributed by atoms with Gasteiger partial charge in [0.1, 0.15) is 11.6 Å². The van der Waals surface area contributed by atoms with Crippen LogP contribution in [0.3, 0.4) is 0 Å². The number of aromatic nitrogens is 5. The number of nitrogens with zero attached hydrogens (tertiary/aromatic N) is 6. The van der Waals surface area contributed by atoms with Gasteiger partial charge >= 0.3 is 0 Å². The SMILES string of the molecule is Cc1cc(C)cc(-c2nn(CN3CCC(c4nnc5n4CCC5)CC3)c(=S)o2)c1. The van der Waals surface area contributed by atoms with Gasteiger partial charge in [0, 0.05) is 37.5 Å². The van der Waals surface area contributed by atoms with Crippen molar-refractivity contribution in [1.29, 1.82) is 0 Å². The van der Waals surface area contributed by atoms with Crippen LogP contribution in [0.2, 0.25) is 0 Å². The minimum Gasteiger partial charge on any atom is -0.409 e. The lowest BCUT2D eigenvalue weighted by Gasteiger charge is -2.31. The van der Waals surface area contributed by atoms with Crippen molar-refractivity contribution in [1.82, 2.24) is 29.4 Å². The molecule has 0 aliphatic carbocycles. The fourth-order valence-electron chi connectivity index (χ4n) is 4.61. The second-order valence-corrected chi connectivity index (χ2v) is 8.66. The molecular weight excluding hydrogens is 384 g/mol. The highest BCUT2D eigenvalue weighted by Crippen LogP contribution is 2.29. The Kier molecular flexibility index (Phi) is 4.83. The summed E-state index contributed by atoms with van der Waals surface area (Å²) in [6.45, 7) is 7.90. The average molecular weight is 411 g/mol. The average Bonchev–Trinajstić information content (AvgIpc) is 3.38. The van der Waals surface area contributed by atoms with Crippen LogP contribution in [0, 0.1) is 18.7 Å². The quantitative estimate of drug-likeness (QED) is 0.609. The van der Waals surface area contributed by atoms with E-state index in [0.717, 1.165) is 50.3 Å². The molecule has 0 N–H and O–H groups in total. The van der Waals surface area contributed by atoms with Crippen LogP contribution in [0.15, 0.2) is 22.6 Å². The van der Waals surface area contributed by atoms with E-state index in [1.807, 2.05) is 0 Å². The smallest absolute Gasteiger partial charge is 0.288 e. The van der Waals surface area contributed by atoms with Crippen molar-refractivity contribution >= 4 is 12.2 Å². The van der Waals surface area contributed by atoms with Gasteiger partial charge < -0.3 is 8.98 Å². The highest BCUT2D eigenvalue weighted by molar-refractivity contribution is 7.71. The van der Waals surface area contributed by atoms with E-state index in [0.29, 0.717) is 23.3 Å². The minimum absolute atomic E-state index is 0.427. The number of piperidine rings is 1. The Morgan fingerprint density at radius 1 is 1.07 bits per heavy atom. The highest BCUT2D eigenvalue weighted by Gasteiger charge is 2.28. The van der Waals surface area contributed by atoms with E-state index in [9.17, 15) is 0 Å². The predicted molar refractivity (Wildman–Crippen MR) is 112 cm³/mol. The Labute approximate surface area is 175 Å². The van der Waals surface area contributed by atoms with Crippen LogP contribution in [0.5, 0.6) is 0 Å². The first-order chi connectivity index (χ1) is 14.1. The molecule has 1 aromatic carbocycles. The third-order valence-electron chi connectivity index (χ3n) is 6.00. The van der Waals surface area contributed by atoms with Crippen LogP contribution in [0.1, 0.15) is 48.0 Å². The van der Waals surface area contributed by atoms with Crippen molar-refractivity contribution in [2.45, 2.75) is 58.7 Å². The first-order valence-corrected chi connectivity index (χ1v) is 10.8. The molecule has 8 heteroatoms. The number of hydrogen-bond donors (Lipinski definition) is 0. The molecule has 2 aliphatic rings. The standard InChI is InChI=1S/C21H26N6OS/c1-14-10-15(2)12-17(11-14)20-24-27(21(29)28-20)13-25-8-5-16(6-9-25)19-23-22-18-4-3-7-26(18)19/h10-12,16H,3-9,13H2,1-2H3. The molecule has 0 unspecified atom stereocenters. The zero-order chi connectivity index (χ0) is 20.0. The zero-order valence-corrected chi connectivity index (χ0v) is 17.8. The molecule has 0 atom stereocenters. The Balaban J connectivity index is 1.26. The molecule has 5 rings (SSSR count). The van der Waals surface area contributed by atoms with Crippen LogP contribution < -0.4 is 0 Å². The normalized spacial score (nSPS) is 17.7. The molecule has 1 saturated heterocycles. The summed E-state index contributed by atoms with van der Waals surface area (Å²) in [6, 6.07) is 6.31. The summed E-state index contributed by atoms with van der Waals surface area (Å²) in [7, 11) is 0. The van der Waals surface area contributed by atoms with Crippen molar-refractivity contribution in [2.75, 3.05) is 13.1 Å². The summed E-state index contributed by atoms with van der Waals surface area (Å²) in [5, 5.41) is 13.5. The largest absolute Gasteiger partial charge is 0.409 e. The van der Waals surface area contributed by atoms with Crippen molar-refractivity contribution < 1.29 is 4.42 Å². The van der Waals surface area contributed by atoms with Crippen molar-refractivity contribution in [2.24, 2.45) is 0 Å². The molecule has 0 radical (unpaired) electrons. The van der Waals surface area contributed by atoms with Crippen LogP contribution >= 0.6 is 12.2 Å². The number of fused-ring (bicyclic) bond motifs is 1. The molecule has 2 aromatic heterocycles. The lowest BCUT2D eigenvalue weighted by atomic mass is 9.96. The molecule has 1 fully saturated rings. The Bertz CT molecular complexity index is 1070. The molecule has 29 heavy (non-hydrogen) atoms. The third-order valence-corrected chi connectivity index (χ3v) is 6.29. The second kappa shape index (κ2) is 7.50. The Morgan fingerprint density at radius 3 is 2.59 bits per heavy atom. The van der Waals surface area contributed by atoms with Gasteiger partial charge in [0.25, 0.3) is 4.84 Å². The molecular formula is C21H26N6OS. The van der Waals surface area contributed by atoms with Gasteiger partial charge in [0.2, 0.25) is 5.89 Å². The van der Waals surface area contributed by atoms with E-state index < -0.39 is 0 Å². The maximum Gasteiger partial charge on any atom is 0.288 e. The molecule has 152 valence electrons. The minimum atomic E-state index is 0.427. The van der Waals surface area contributed by atoms with Gasteiger partial charge in [-0.3, -0.25) is 4.90 Å². The van der Waals surface area contributed by atoms with E-state index >= 15 is 0 Å². The Hall–Kier alpha value is -2.32. The highest BCUT2D eigenvalue weighted by atomic mass is 32.1. The monoisotopic (exact) mass is 410 g/mol. The molecule has 2 aliphatic heterocycles. The van der Waals surface area contributed by atoms with Crippen molar-refractivity contribution in [3.05, 3.63) is 45.8 Å². The zero-order valence-electron chi connectivity index (χ0n) is 17.0. The van der Waals surface area contributed by atoms with Crippen LogP contribution in [-0.4, -0.2) is 42.5 Å². The maximum absolute atomic E-state index is 5.80. The lowest BCUT2D eigenvalue weighted by Crippen LogP contribution is -2.35. The molecule has 4 heterocycles. The molecule has 7 nitrogen and oxygen atoms in total. The van der Waals surface area contributed by atoms with E-state index in [-0.39, 0.29) is 0 Å². The molecule has 3 aromatic rings. The third kappa shape index (κ3) is 3.67. The molecule has 0 spiro atoms. The predicted octanol–water partition coefficient (Wildman–Crippen LogP) is 3.86. The van der Waals surface area contributed by atoms with Crippen LogP contribution in [-0.2, 0) is 19.6 Å². The van der Waals surface area contributed by atoms with E-state index in [2.05, 4.69) is 56.8 Å². The number of rotatable bonds is 4. The van der Waals surface area contributed by atoms with Crippen molar-refractivity contribution in [3.8, 4) is 11.5 Å². The van der Waals surface area contributed by atoms with Gasteiger partial charge in [-0.25, -0.2) is 4.68 Å². The summed E-state index contributed by atoms with van der Waals surface area (Å²) in [5.74, 6) is 3.44. The van der Waals surface area contributed by atoms with E-state index in [4.69, 9.17) is 16.6 Å². The molecule has 0 bridgehead atoms. The van der Waals surface area contributed by atoms with Gasteiger partial charge in [-0.2, -0.15) is 0 Å².